The number of benzene rings is 2. The van der Waals surface area contributed by atoms with E-state index in [0.29, 0.717) is 17.0 Å². The Morgan fingerprint density at radius 1 is 1.09 bits per heavy atom. The molecule has 1 aliphatic carbocycles. The number of H-pyrrole nitrogens is 1. The fraction of sp³-hybridized carbons (Fsp3) is 0.320. The van der Waals surface area contributed by atoms with E-state index in [1.54, 1.807) is 37.4 Å². The van der Waals surface area contributed by atoms with Crippen molar-refractivity contribution in [1.29, 1.82) is 0 Å². The van der Waals surface area contributed by atoms with Gasteiger partial charge in [-0.1, -0.05) is 6.07 Å². The van der Waals surface area contributed by atoms with Crippen molar-refractivity contribution in [3.63, 3.8) is 0 Å². The topological polar surface area (TPSA) is 101 Å². The van der Waals surface area contributed by atoms with E-state index in [9.17, 15) is 14.4 Å². The van der Waals surface area contributed by atoms with Crippen molar-refractivity contribution >= 4 is 34.4 Å². The predicted octanol–water partition coefficient (Wildman–Crippen LogP) is 3.31. The molecule has 8 heteroatoms. The standard InChI is InChI=1S/C25H27N3O5/c1-28(14-23(29)26-17-6-5-7-18(13-17)32-2)24(30)15-33-25(31)16-10-11-22-20(12-16)19-8-3-4-9-21(19)27-22/h5-7,10-13,27H,3-4,8-9,14-15H2,1-2H3,(H,26,29). The van der Waals surface area contributed by atoms with Crippen LogP contribution in [0.15, 0.2) is 42.5 Å². The van der Waals surface area contributed by atoms with Gasteiger partial charge in [0.05, 0.1) is 19.2 Å². The minimum Gasteiger partial charge on any atom is -0.497 e. The van der Waals surface area contributed by atoms with Crippen LogP contribution in [0, 0.1) is 0 Å². The van der Waals surface area contributed by atoms with Crippen LogP contribution in [-0.2, 0) is 27.2 Å². The number of aromatic nitrogens is 1. The molecule has 0 saturated carbocycles. The molecule has 0 unspecified atom stereocenters. The van der Waals surface area contributed by atoms with Crippen molar-refractivity contribution in [3.05, 3.63) is 59.3 Å². The van der Waals surface area contributed by atoms with E-state index in [0.717, 1.165) is 30.2 Å². The molecule has 8 nitrogen and oxygen atoms in total. The molecule has 0 fully saturated rings. The van der Waals surface area contributed by atoms with Gasteiger partial charge in [-0.15, -0.1) is 0 Å². The molecular formula is C25H27N3O5. The monoisotopic (exact) mass is 449 g/mol. The van der Waals surface area contributed by atoms with Crippen LogP contribution in [0.3, 0.4) is 0 Å². The van der Waals surface area contributed by atoms with E-state index in [4.69, 9.17) is 9.47 Å². The maximum Gasteiger partial charge on any atom is 0.338 e. The molecule has 0 bridgehead atoms. The Labute approximate surface area is 191 Å². The average Bonchev–Trinajstić information content (AvgIpc) is 3.20. The van der Waals surface area contributed by atoms with Gasteiger partial charge in [-0.25, -0.2) is 4.79 Å². The van der Waals surface area contributed by atoms with Crippen LogP contribution in [-0.4, -0.2) is 55.0 Å². The first-order valence-electron chi connectivity index (χ1n) is 10.9. The number of rotatable bonds is 7. The number of ether oxygens (including phenoxy) is 2. The molecule has 4 rings (SSSR count). The summed E-state index contributed by atoms with van der Waals surface area (Å²) >= 11 is 0. The number of carbonyl (C=O) groups is 3. The van der Waals surface area contributed by atoms with Gasteiger partial charge >= 0.3 is 5.97 Å². The number of carbonyl (C=O) groups excluding carboxylic acids is 3. The Kier molecular flexibility index (Phi) is 6.63. The first-order valence-corrected chi connectivity index (χ1v) is 10.9. The molecule has 2 aromatic carbocycles. The van der Waals surface area contributed by atoms with Crippen molar-refractivity contribution in [1.82, 2.24) is 9.88 Å². The van der Waals surface area contributed by atoms with Crippen LogP contribution in [0.2, 0.25) is 0 Å². The van der Waals surface area contributed by atoms with Gasteiger partial charge in [-0.05, 0) is 61.6 Å². The number of anilines is 1. The lowest BCUT2D eigenvalue weighted by Crippen LogP contribution is -2.37. The van der Waals surface area contributed by atoms with Crippen LogP contribution in [0.4, 0.5) is 5.69 Å². The Hall–Kier alpha value is -3.81. The maximum absolute atomic E-state index is 12.5. The summed E-state index contributed by atoms with van der Waals surface area (Å²) in [6, 6.07) is 12.3. The Morgan fingerprint density at radius 3 is 2.73 bits per heavy atom. The van der Waals surface area contributed by atoms with Crippen LogP contribution in [0.5, 0.6) is 5.75 Å². The lowest BCUT2D eigenvalue weighted by Gasteiger charge is -2.17. The second-order valence-electron chi connectivity index (χ2n) is 8.16. The zero-order valence-electron chi connectivity index (χ0n) is 18.8. The van der Waals surface area contributed by atoms with Gasteiger partial charge in [0.1, 0.15) is 5.75 Å². The lowest BCUT2D eigenvalue weighted by molar-refractivity contribution is -0.136. The van der Waals surface area contributed by atoms with E-state index in [2.05, 4.69) is 10.3 Å². The molecule has 2 amide bonds. The SMILES string of the molecule is COc1cccc(NC(=O)CN(C)C(=O)COC(=O)c2ccc3[nH]c4c(c3c2)CCCC4)c1. The number of amides is 2. The van der Waals surface area contributed by atoms with Crippen molar-refractivity contribution in [3.8, 4) is 5.75 Å². The van der Waals surface area contributed by atoms with Crippen molar-refractivity contribution in [2.24, 2.45) is 0 Å². The smallest absolute Gasteiger partial charge is 0.338 e. The van der Waals surface area contributed by atoms with E-state index < -0.39 is 18.5 Å². The third kappa shape index (κ3) is 5.16. The minimum atomic E-state index is -0.565. The molecule has 0 aliphatic heterocycles. The van der Waals surface area contributed by atoms with Crippen molar-refractivity contribution in [2.75, 3.05) is 32.6 Å². The number of aromatic amines is 1. The highest BCUT2D eigenvalue weighted by Crippen LogP contribution is 2.29. The number of hydrogen-bond acceptors (Lipinski definition) is 5. The highest BCUT2D eigenvalue weighted by atomic mass is 16.5. The molecule has 0 saturated heterocycles. The largest absolute Gasteiger partial charge is 0.497 e. The minimum absolute atomic E-state index is 0.172. The third-order valence-corrected chi connectivity index (χ3v) is 5.82. The fourth-order valence-electron chi connectivity index (χ4n) is 4.06. The van der Waals surface area contributed by atoms with Crippen LogP contribution < -0.4 is 10.1 Å². The first kappa shape index (κ1) is 22.4. The highest BCUT2D eigenvalue weighted by Gasteiger charge is 2.19. The highest BCUT2D eigenvalue weighted by molar-refractivity contribution is 5.98. The van der Waals surface area contributed by atoms with Crippen LogP contribution in [0.1, 0.15) is 34.5 Å². The Morgan fingerprint density at radius 2 is 1.91 bits per heavy atom. The van der Waals surface area contributed by atoms with Crippen molar-refractivity contribution < 1.29 is 23.9 Å². The van der Waals surface area contributed by atoms with Gasteiger partial charge in [0, 0.05) is 35.4 Å². The van der Waals surface area contributed by atoms with Crippen LogP contribution in [0.25, 0.3) is 10.9 Å². The summed E-state index contributed by atoms with van der Waals surface area (Å²) in [5.74, 6) is -0.787. The van der Waals surface area contributed by atoms with Gasteiger partial charge in [0.2, 0.25) is 5.91 Å². The average molecular weight is 450 g/mol. The van der Waals surface area contributed by atoms with Gasteiger partial charge in [0.25, 0.3) is 5.91 Å². The number of methoxy groups -OCH3 is 1. The molecule has 33 heavy (non-hydrogen) atoms. The molecule has 0 atom stereocenters. The summed E-state index contributed by atoms with van der Waals surface area (Å²) in [5, 5.41) is 3.75. The number of nitrogens with one attached hydrogen (secondary N) is 2. The molecule has 0 spiro atoms. The van der Waals surface area contributed by atoms with E-state index in [1.165, 1.54) is 29.6 Å². The number of fused-ring (bicyclic) bond motifs is 3. The maximum atomic E-state index is 12.5. The normalized spacial score (nSPS) is 12.7. The summed E-state index contributed by atoms with van der Waals surface area (Å²) in [5.41, 5.74) is 4.49. The Balaban J connectivity index is 1.31. The summed E-state index contributed by atoms with van der Waals surface area (Å²) in [6.45, 7) is -0.611. The number of aryl methyl sites for hydroxylation is 2. The summed E-state index contributed by atoms with van der Waals surface area (Å²) in [4.78, 5) is 41.8. The number of nitrogens with zero attached hydrogens (tertiary/aromatic N) is 1. The zero-order valence-corrected chi connectivity index (χ0v) is 18.8. The second-order valence-corrected chi connectivity index (χ2v) is 8.16. The van der Waals surface area contributed by atoms with Crippen molar-refractivity contribution in [2.45, 2.75) is 25.7 Å². The zero-order chi connectivity index (χ0) is 23.4. The van der Waals surface area contributed by atoms with E-state index in [-0.39, 0.29) is 12.5 Å². The lowest BCUT2D eigenvalue weighted by atomic mass is 9.95. The number of esters is 1. The molecule has 1 heterocycles. The summed E-state index contributed by atoms with van der Waals surface area (Å²) < 4.78 is 10.3. The first-order chi connectivity index (χ1) is 15.9. The number of hydrogen-bond donors (Lipinski definition) is 2. The molecular weight excluding hydrogens is 422 g/mol. The molecule has 0 radical (unpaired) electrons. The molecule has 2 N–H and O–H groups in total. The molecule has 3 aromatic rings. The summed E-state index contributed by atoms with van der Waals surface area (Å²) in [6.07, 6.45) is 4.33. The van der Waals surface area contributed by atoms with Gasteiger partial charge < -0.3 is 24.7 Å². The summed E-state index contributed by atoms with van der Waals surface area (Å²) in [7, 11) is 3.03. The van der Waals surface area contributed by atoms with Gasteiger partial charge in [-0.3, -0.25) is 9.59 Å². The second kappa shape index (κ2) is 9.77. The van der Waals surface area contributed by atoms with Gasteiger partial charge in [-0.2, -0.15) is 0 Å². The molecule has 1 aliphatic rings. The van der Waals surface area contributed by atoms with Gasteiger partial charge in [0.15, 0.2) is 6.61 Å². The number of likely N-dealkylation sites (N-methyl/N-ethyl adjacent to an activating group) is 1. The van der Waals surface area contributed by atoms with Crippen LogP contribution >= 0.6 is 0 Å². The van der Waals surface area contributed by atoms with E-state index >= 15 is 0 Å². The van der Waals surface area contributed by atoms with E-state index in [1.807, 2.05) is 12.1 Å². The Bertz CT molecular complexity index is 1200. The predicted molar refractivity (Wildman–Crippen MR) is 124 cm³/mol. The molecule has 1 aromatic heterocycles. The molecule has 172 valence electrons. The quantitative estimate of drug-likeness (QED) is 0.539. The fourth-order valence-corrected chi connectivity index (χ4v) is 4.06. The third-order valence-electron chi connectivity index (χ3n) is 5.82.